The highest BCUT2D eigenvalue weighted by atomic mass is 15.3. The smallest absolute Gasteiger partial charge is 0.169 e. The average molecular weight is 258 g/mol. The predicted octanol–water partition coefficient (Wildman–Crippen LogP) is 2.88. The predicted molar refractivity (Wildman–Crippen MR) is 78.2 cm³/mol. The molecule has 102 valence electrons. The molecule has 0 amide bonds. The molecule has 0 saturated carbocycles. The van der Waals surface area contributed by atoms with Gasteiger partial charge in [0, 0.05) is 13.1 Å². The molecule has 1 aromatic rings. The monoisotopic (exact) mass is 258 g/mol. The first-order valence-electron chi connectivity index (χ1n) is 6.76. The highest BCUT2D eigenvalue weighted by Gasteiger charge is 2.18. The number of nitrogens with zero attached hydrogens (tertiary/aromatic N) is 4. The van der Waals surface area contributed by atoms with Gasteiger partial charge >= 0.3 is 0 Å². The van der Waals surface area contributed by atoms with Crippen molar-refractivity contribution in [2.75, 3.05) is 18.0 Å². The summed E-state index contributed by atoms with van der Waals surface area (Å²) in [5.74, 6) is 0.682. The van der Waals surface area contributed by atoms with Gasteiger partial charge < -0.3 is 4.90 Å². The topological polar surface area (TPSA) is 52.8 Å². The molecule has 1 rings (SSSR count). The minimum absolute atomic E-state index is 0.664. The van der Waals surface area contributed by atoms with Crippen LogP contribution in [0.1, 0.15) is 44.5 Å². The van der Waals surface area contributed by atoms with Crippen molar-refractivity contribution < 1.29 is 0 Å². The fourth-order valence-electron chi connectivity index (χ4n) is 2.16. The van der Waals surface area contributed by atoms with E-state index >= 15 is 0 Å². The van der Waals surface area contributed by atoms with Gasteiger partial charge in [0.15, 0.2) is 5.82 Å². The van der Waals surface area contributed by atoms with Crippen molar-refractivity contribution in [2.45, 2.75) is 40.5 Å². The third-order valence-electron chi connectivity index (χ3n) is 3.08. The molecule has 4 nitrogen and oxygen atoms in total. The lowest BCUT2D eigenvalue weighted by Crippen LogP contribution is -2.27. The summed E-state index contributed by atoms with van der Waals surface area (Å²) in [4.78, 5) is 2.05. The molecule has 4 heteroatoms. The lowest BCUT2D eigenvalue weighted by molar-refractivity contribution is 0.802. The van der Waals surface area contributed by atoms with Crippen LogP contribution in [0.2, 0.25) is 0 Å². The molecule has 0 radical (unpaired) electrons. The van der Waals surface area contributed by atoms with E-state index in [0.717, 1.165) is 36.2 Å². The number of hydrogen-bond donors (Lipinski definition) is 0. The second kappa shape index (κ2) is 6.89. The fraction of sp³-hybridized carbons (Fsp3) is 0.533. The van der Waals surface area contributed by atoms with E-state index in [0.29, 0.717) is 17.9 Å². The zero-order valence-electron chi connectivity index (χ0n) is 12.3. The van der Waals surface area contributed by atoms with E-state index in [9.17, 15) is 5.26 Å². The number of hydrogen-bond acceptors (Lipinski definition) is 4. The maximum Gasteiger partial charge on any atom is 0.169 e. The van der Waals surface area contributed by atoms with Crippen LogP contribution in [-0.2, 0) is 12.8 Å². The third-order valence-corrected chi connectivity index (χ3v) is 3.08. The van der Waals surface area contributed by atoms with E-state index in [-0.39, 0.29) is 0 Å². The average Bonchev–Trinajstić information content (AvgIpc) is 2.42. The molecule has 0 atom stereocenters. The Balaban J connectivity index is 3.35. The van der Waals surface area contributed by atoms with Gasteiger partial charge in [-0.3, -0.25) is 0 Å². The maximum absolute atomic E-state index is 9.46. The highest BCUT2D eigenvalue weighted by molar-refractivity contribution is 5.58. The number of aromatic nitrogens is 2. The molecule has 0 aliphatic heterocycles. The minimum Gasteiger partial charge on any atom is -0.350 e. The summed E-state index contributed by atoms with van der Waals surface area (Å²) < 4.78 is 0. The Morgan fingerprint density at radius 2 is 1.95 bits per heavy atom. The molecule has 19 heavy (non-hydrogen) atoms. The zero-order chi connectivity index (χ0) is 14.4. The summed E-state index contributed by atoms with van der Waals surface area (Å²) >= 11 is 0. The molecule has 0 aliphatic carbocycles. The van der Waals surface area contributed by atoms with Crippen LogP contribution in [0.5, 0.6) is 0 Å². The summed E-state index contributed by atoms with van der Waals surface area (Å²) in [7, 11) is 0. The van der Waals surface area contributed by atoms with Crippen LogP contribution in [0.4, 0.5) is 5.82 Å². The summed E-state index contributed by atoms with van der Waals surface area (Å²) in [5.41, 5.74) is 3.66. The summed E-state index contributed by atoms with van der Waals surface area (Å²) in [6.07, 6.45) is 1.61. The van der Waals surface area contributed by atoms with Gasteiger partial charge in [0.05, 0.1) is 5.69 Å². The van der Waals surface area contributed by atoms with Gasteiger partial charge in [-0.05, 0) is 32.3 Å². The lowest BCUT2D eigenvalue weighted by Gasteiger charge is -2.23. The van der Waals surface area contributed by atoms with Crippen molar-refractivity contribution in [1.82, 2.24) is 10.2 Å². The molecule has 0 bridgehead atoms. The largest absolute Gasteiger partial charge is 0.350 e. The number of rotatable bonds is 6. The first-order valence-corrected chi connectivity index (χ1v) is 6.76. The molecule has 0 fully saturated rings. The van der Waals surface area contributed by atoms with Gasteiger partial charge in [0.25, 0.3) is 0 Å². The standard InChI is InChI=1S/C15H22N4/c1-6-12-13(9-16)15(18-17-14(12)7-2)19(8-3)10-11(4)5/h4,6-8,10H2,1-3,5H3. The third kappa shape index (κ3) is 3.31. The zero-order valence-corrected chi connectivity index (χ0v) is 12.3. The first-order chi connectivity index (χ1) is 9.08. The van der Waals surface area contributed by atoms with Crippen molar-refractivity contribution in [3.63, 3.8) is 0 Å². The van der Waals surface area contributed by atoms with Gasteiger partial charge in [-0.2, -0.15) is 10.4 Å². The minimum atomic E-state index is 0.664. The molecular formula is C15H22N4. The van der Waals surface area contributed by atoms with Crippen LogP contribution in [0.25, 0.3) is 0 Å². The van der Waals surface area contributed by atoms with E-state index < -0.39 is 0 Å². The second-order valence-electron chi connectivity index (χ2n) is 4.61. The number of likely N-dealkylation sites (N-methyl/N-ethyl adjacent to an activating group) is 1. The Bertz CT molecular complexity index is 500. The lowest BCUT2D eigenvalue weighted by atomic mass is 10.0. The molecule has 0 saturated heterocycles. The van der Waals surface area contributed by atoms with E-state index in [1.165, 1.54) is 0 Å². The van der Waals surface area contributed by atoms with Crippen LogP contribution in [0.15, 0.2) is 12.2 Å². The summed E-state index contributed by atoms with van der Waals surface area (Å²) in [6.45, 7) is 13.5. The Hall–Kier alpha value is -1.89. The molecule has 0 aromatic carbocycles. The van der Waals surface area contributed by atoms with Gasteiger partial charge in [0.2, 0.25) is 0 Å². The number of aryl methyl sites for hydroxylation is 1. The number of anilines is 1. The van der Waals surface area contributed by atoms with Gasteiger partial charge in [-0.1, -0.05) is 26.0 Å². The van der Waals surface area contributed by atoms with E-state index in [4.69, 9.17) is 0 Å². The summed E-state index contributed by atoms with van der Waals surface area (Å²) in [6, 6.07) is 2.30. The Kier molecular flexibility index (Phi) is 5.50. The van der Waals surface area contributed by atoms with Crippen molar-refractivity contribution >= 4 is 5.82 Å². The van der Waals surface area contributed by atoms with Crippen molar-refractivity contribution in [2.24, 2.45) is 0 Å². The van der Waals surface area contributed by atoms with Crippen molar-refractivity contribution in [1.29, 1.82) is 5.26 Å². The summed E-state index contributed by atoms with van der Waals surface area (Å²) in [5, 5.41) is 18.0. The first kappa shape index (κ1) is 15.2. The SMILES string of the molecule is C=C(C)CN(CC)c1nnc(CC)c(CC)c1C#N. The Morgan fingerprint density at radius 3 is 2.37 bits per heavy atom. The molecule has 0 N–H and O–H groups in total. The van der Waals surface area contributed by atoms with Crippen LogP contribution >= 0.6 is 0 Å². The number of nitriles is 1. The second-order valence-corrected chi connectivity index (χ2v) is 4.61. The molecular weight excluding hydrogens is 236 g/mol. The van der Waals surface area contributed by atoms with Crippen molar-refractivity contribution in [3.8, 4) is 6.07 Å². The van der Waals surface area contributed by atoms with Crippen LogP contribution in [-0.4, -0.2) is 23.3 Å². The Labute approximate surface area is 115 Å². The molecule has 0 spiro atoms. The van der Waals surface area contributed by atoms with Crippen LogP contribution in [0, 0.1) is 11.3 Å². The maximum atomic E-state index is 9.46. The highest BCUT2D eigenvalue weighted by Crippen LogP contribution is 2.23. The van der Waals surface area contributed by atoms with Crippen LogP contribution in [0.3, 0.4) is 0 Å². The normalized spacial score (nSPS) is 10.1. The molecule has 0 aliphatic rings. The van der Waals surface area contributed by atoms with Gasteiger partial charge in [0.1, 0.15) is 11.6 Å². The quantitative estimate of drug-likeness (QED) is 0.736. The van der Waals surface area contributed by atoms with Crippen molar-refractivity contribution in [3.05, 3.63) is 29.0 Å². The molecule has 1 heterocycles. The van der Waals surface area contributed by atoms with E-state index in [1.54, 1.807) is 0 Å². The van der Waals surface area contributed by atoms with Gasteiger partial charge in [-0.25, -0.2) is 0 Å². The molecule has 0 unspecified atom stereocenters. The van der Waals surface area contributed by atoms with E-state index in [1.807, 2.05) is 25.7 Å². The van der Waals surface area contributed by atoms with Gasteiger partial charge in [-0.15, -0.1) is 5.10 Å². The fourth-order valence-corrected chi connectivity index (χ4v) is 2.16. The Morgan fingerprint density at radius 1 is 1.26 bits per heavy atom. The van der Waals surface area contributed by atoms with E-state index in [2.05, 4.69) is 29.8 Å². The van der Waals surface area contributed by atoms with Crippen LogP contribution < -0.4 is 4.90 Å². The molecule has 1 aromatic heterocycles.